The van der Waals surface area contributed by atoms with Crippen LogP contribution in [0.1, 0.15) is 5.56 Å². The average Bonchev–Trinajstić information content (AvgIpc) is 2.53. The molecule has 20 heavy (non-hydrogen) atoms. The normalized spacial score (nSPS) is 9.85. The number of ether oxygens (including phenoxy) is 1. The summed E-state index contributed by atoms with van der Waals surface area (Å²) in [5, 5.41) is 8.96. The van der Waals surface area contributed by atoms with E-state index in [1.165, 1.54) is 11.8 Å². The third kappa shape index (κ3) is 4.28. The molecule has 0 aliphatic heterocycles. The molecule has 2 rings (SSSR count). The predicted octanol–water partition coefficient (Wildman–Crippen LogP) is 3.07. The van der Waals surface area contributed by atoms with Gasteiger partial charge in [0.1, 0.15) is 5.75 Å². The van der Waals surface area contributed by atoms with Crippen LogP contribution in [0, 0.1) is 0 Å². The van der Waals surface area contributed by atoms with E-state index in [2.05, 4.69) is 0 Å². The zero-order chi connectivity index (χ0) is 14.2. The number of hydrogen-bond donors (Lipinski definition) is 1. The number of hydrogen-bond acceptors (Lipinski definition) is 4. The maximum atomic E-state index is 10.9. The molecule has 0 aliphatic rings. The molecule has 3 nitrogen and oxygen atoms in total. The zero-order valence-electron chi connectivity index (χ0n) is 10.8. The first kappa shape index (κ1) is 14.4. The second-order valence-electron chi connectivity index (χ2n) is 4.03. The summed E-state index contributed by atoms with van der Waals surface area (Å²) < 4.78 is 5.48. The molecular weight excluding hydrogens is 272 g/mol. The van der Waals surface area contributed by atoms with E-state index in [-0.39, 0.29) is 12.4 Å². The Morgan fingerprint density at radius 3 is 2.40 bits per heavy atom. The van der Waals surface area contributed by atoms with E-state index in [1.807, 2.05) is 36.3 Å². The largest absolute Gasteiger partial charge is 0.449 e. The van der Waals surface area contributed by atoms with Crippen LogP contribution in [0.25, 0.3) is 0 Å². The molecule has 0 aliphatic carbocycles. The first-order valence-corrected chi connectivity index (χ1v) is 7.10. The van der Waals surface area contributed by atoms with Crippen LogP contribution in [0.3, 0.4) is 0 Å². The van der Waals surface area contributed by atoms with Gasteiger partial charge in [0.15, 0.2) is 11.7 Å². The molecule has 0 unspecified atom stereocenters. The fraction of sp³-hybridized carbons (Fsp3) is 0.125. The SMILES string of the molecule is O=C=C(CSc1ccccc1)Oc1ccc(CO)cc1. The Hall–Kier alpha value is -2.00. The molecule has 0 heterocycles. The Morgan fingerprint density at radius 2 is 1.80 bits per heavy atom. The van der Waals surface area contributed by atoms with Gasteiger partial charge in [0.2, 0.25) is 0 Å². The first-order valence-electron chi connectivity index (χ1n) is 6.11. The van der Waals surface area contributed by atoms with Gasteiger partial charge < -0.3 is 9.84 Å². The van der Waals surface area contributed by atoms with Crippen molar-refractivity contribution in [2.24, 2.45) is 0 Å². The Kier molecular flexibility index (Phi) is 5.44. The molecule has 2 aromatic carbocycles. The third-order valence-corrected chi connectivity index (χ3v) is 3.59. The molecule has 0 radical (unpaired) electrons. The highest BCUT2D eigenvalue weighted by molar-refractivity contribution is 7.99. The van der Waals surface area contributed by atoms with Gasteiger partial charge in [-0.25, -0.2) is 4.79 Å². The summed E-state index contributed by atoms with van der Waals surface area (Å²) in [7, 11) is 0. The minimum Gasteiger partial charge on any atom is -0.449 e. The highest BCUT2D eigenvalue weighted by Gasteiger charge is 2.04. The van der Waals surface area contributed by atoms with Crippen LogP contribution in [-0.4, -0.2) is 16.8 Å². The van der Waals surface area contributed by atoms with Gasteiger partial charge in [-0.2, -0.15) is 0 Å². The van der Waals surface area contributed by atoms with Crippen LogP contribution in [0.2, 0.25) is 0 Å². The minimum absolute atomic E-state index is 0.0134. The van der Waals surface area contributed by atoms with Crippen LogP contribution in [0.5, 0.6) is 5.75 Å². The molecule has 2 aromatic rings. The van der Waals surface area contributed by atoms with E-state index in [0.29, 0.717) is 11.5 Å². The van der Waals surface area contributed by atoms with Crippen LogP contribution in [0.15, 0.2) is 65.3 Å². The van der Waals surface area contributed by atoms with Gasteiger partial charge in [-0.1, -0.05) is 30.3 Å². The molecule has 0 atom stereocenters. The van der Waals surface area contributed by atoms with Crippen LogP contribution in [-0.2, 0) is 11.4 Å². The first-order chi connectivity index (χ1) is 9.81. The summed E-state index contributed by atoms with van der Waals surface area (Å²) in [6.07, 6.45) is 0. The monoisotopic (exact) mass is 286 g/mol. The van der Waals surface area contributed by atoms with E-state index in [0.717, 1.165) is 10.5 Å². The molecular formula is C16H14O3S. The van der Waals surface area contributed by atoms with Gasteiger partial charge in [0.05, 0.1) is 12.4 Å². The lowest BCUT2D eigenvalue weighted by atomic mass is 10.2. The zero-order valence-corrected chi connectivity index (χ0v) is 11.6. The van der Waals surface area contributed by atoms with Crippen molar-refractivity contribution < 1.29 is 14.6 Å². The molecule has 0 saturated heterocycles. The molecule has 0 bridgehead atoms. The van der Waals surface area contributed by atoms with Crippen molar-refractivity contribution in [1.29, 1.82) is 0 Å². The smallest absolute Gasteiger partial charge is 0.197 e. The van der Waals surface area contributed by atoms with E-state index >= 15 is 0 Å². The number of carbonyl (C=O) groups excluding carboxylic acids is 1. The Bertz CT molecular complexity index is 587. The van der Waals surface area contributed by atoms with E-state index in [9.17, 15) is 4.79 Å². The van der Waals surface area contributed by atoms with E-state index < -0.39 is 0 Å². The van der Waals surface area contributed by atoms with Crippen molar-refractivity contribution in [1.82, 2.24) is 0 Å². The summed E-state index contributed by atoms with van der Waals surface area (Å²) in [6, 6.07) is 16.7. The second kappa shape index (κ2) is 7.56. The molecule has 4 heteroatoms. The maximum absolute atomic E-state index is 10.9. The summed E-state index contributed by atoms with van der Waals surface area (Å²) in [5.41, 5.74) is 0.799. The molecule has 102 valence electrons. The predicted molar refractivity (Wildman–Crippen MR) is 79.4 cm³/mol. The van der Waals surface area contributed by atoms with Gasteiger partial charge in [-0.15, -0.1) is 11.8 Å². The fourth-order valence-corrected chi connectivity index (χ4v) is 2.32. The Labute approximate surface area is 121 Å². The number of rotatable bonds is 6. The summed E-state index contributed by atoms with van der Waals surface area (Å²) in [5.74, 6) is 3.06. The van der Waals surface area contributed by atoms with Gasteiger partial charge in [0.25, 0.3) is 0 Å². The van der Waals surface area contributed by atoms with Gasteiger partial charge in [-0.3, -0.25) is 0 Å². The maximum Gasteiger partial charge on any atom is 0.197 e. The number of benzene rings is 2. The second-order valence-corrected chi connectivity index (χ2v) is 5.08. The van der Waals surface area contributed by atoms with E-state index in [1.54, 1.807) is 24.3 Å². The van der Waals surface area contributed by atoms with Crippen molar-refractivity contribution in [3.8, 4) is 5.75 Å². The van der Waals surface area contributed by atoms with Crippen molar-refractivity contribution in [3.05, 3.63) is 65.9 Å². The summed E-state index contributed by atoms with van der Waals surface area (Å²) in [4.78, 5) is 12.0. The number of aliphatic hydroxyl groups excluding tert-OH is 1. The lowest BCUT2D eigenvalue weighted by Gasteiger charge is -2.07. The van der Waals surface area contributed by atoms with Crippen molar-refractivity contribution >= 4 is 17.7 Å². The highest BCUT2D eigenvalue weighted by atomic mass is 32.2. The summed E-state index contributed by atoms with van der Waals surface area (Å²) >= 11 is 1.52. The quantitative estimate of drug-likeness (QED) is 0.503. The molecule has 0 fully saturated rings. The molecule has 0 saturated carbocycles. The Balaban J connectivity index is 1.94. The molecule has 0 spiro atoms. The van der Waals surface area contributed by atoms with Crippen molar-refractivity contribution in [3.63, 3.8) is 0 Å². The third-order valence-electron chi connectivity index (χ3n) is 2.57. The molecule has 0 aromatic heterocycles. The topological polar surface area (TPSA) is 46.5 Å². The minimum atomic E-state index is -0.0134. The standard InChI is InChI=1S/C16H14O3S/c17-10-13-6-8-14(9-7-13)19-15(11-18)12-20-16-4-2-1-3-5-16/h1-9,17H,10,12H2. The Morgan fingerprint density at radius 1 is 1.10 bits per heavy atom. The lowest BCUT2D eigenvalue weighted by molar-refractivity contribution is 0.281. The van der Waals surface area contributed by atoms with Crippen LogP contribution < -0.4 is 4.74 Å². The van der Waals surface area contributed by atoms with Crippen molar-refractivity contribution in [2.45, 2.75) is 11.5 Å². The van der Waals surface area contributed by atoms with Crippen LogP contribution >= 0.6 is 11.8 Å². The molecule has 1 N–H and O–H groups in total. The van der Waals surface area contributed by atoms with Crippen molar-refractivity contribution in [2.75, 3.05) is 5.75 Å². The number of aliphatic hydroxyl groups is 1. The number of thioether (sulfide) groups is 1. The van der Waals surface area contributed by atoms with E-state index in [4.69, 9.17) is 9.84 Å². The van der Waals surface area contributed by atoms with Gasteiger partial charge >= 0.3 is 0 Å². The van der Waals surface area contributed by atoms with Gasteiger partial charge in [-0.05, 0) is 29.8 Å². The lowest BCUT2D eigenvalue weighted by Crippen LogP contribution is -1.99. The average molecular weight is 286 g/mol. The van der Waals surface area contributed by atoms with Crippen LogP contribution in [0.4, 0.5) is 0 Å². The highest BCUT2D eigenvalue weighted by Crippen LogP contribution is 2.21. The summed E-state index contributed by atoms with van der Waals surface area (Å²) in [6.45, 7) is -0.0134. The fourth-order valence-electron chi connectivity index (χ4n) is 1.55. The van der Waals surface area contributed by atoms with Gasteiger partial charge in [0, 0.05) is 4.90 Å². The molecule has 0 amide bonds.